The Morgan fingerprint density at radius 1 is 1.09 bits per heavy atom. The minimum absolute atomic E-state index is 0.216. The number of carbonyl (C=O) groups is 1. The molecule has 9 nitrogen and oxygen atoms in total. The number of terminal acetylenes is 1. The topological polar surface area (TPSA) is 115 Å². The molecule has 0 spiro atoms. The van der Waals surface area contributed by atoms with E-state index in [-0.39, 0.29) is 6.42 Å². The van der Waals surface area contributed by atoms with E-state index in [1.54, 1.807) is 18.7 Å². The number of methoxy groups -OCH3 is 1. The van der Waals surface area contributed by atoms with E-state index < -0.39 is 5.91 Å². The van der Waals surface area contributed by atoms with Crippen molar-refractivity contribution in [2.45, 2.75) is 19.3 Å². The molecule has 0 atom stereocenters. The Morgan fingerprint density at radius 3 is 2.70 bits per heavy atom. The van der Waals surface area contributed by atoms with Gasteiger partial charge in [0.05, 0.1) is 18.7 Å². The van der Waals surface area contributed by atoms with Crippen LogP contribution >= 0.6 is 0 Å². The van der Waals surface area contributed by atoms with Crippen LogP contribution in [0.25, 0.3) is 10.9 Å². The summed E-state index contributed by atoms with van der Waals surface area (Å²) in [6.45, 7) is 1.14. The maximum atomic E-state index is 11.2. The van der Waals surface area contributed by atoms with Crippen molar-refractivity contribution in [3.05, 3.63) is 48.3 Å². The normalized spacial score (nSPS) is 10.5. The van der Waals surface area contributed by atoms with Crippen LogP contribution in [0, 0.1) is 12.3 Å². The third kappa shape index (κ3) is 6.80. The van der Waals surface area contributed by atoms with Gasteiger partial charge in [0.25, 0.3) is 0 Å². The molecule has 0 radical (unpaired) electrons. The average Bonchev–Trinajstić information content (AvgIpc) is 2.84. The summed E-state index contributed by atoms with van der Waals surface area (Å²) in [5.74, 6) is 3.85. The monoisotopic (exact) mass is 450 g/mol. The molecule has 1 aromatic heterocycles. The van der Waals surface area contributed by atoms with E-state index in [4.69, 9.17) is 25.8 Å². The van der Waals surface area contributed by atoms with E-state index >= 15 is 0 Å². The number of unbranched alkanes of at least 4 members (excludes halogenated alkanes) is 1. The summed E-state index contributed by atoms with van der Waals surface area (Å²) in [6, 6.07) is 11.1. The van der Waals surface area contributed by atoms with Crippen molar-refractivity contribution in [1.82, 2.24) is 15.4 Å². The Bertz CT molecular complexity index is 1130. The van der Waals surface area contributed by atoms with Crippen LogP contribution in [0.15, 0.2) is 42.7 Å². The molecule has 0 fully saturated rings. The Kier molecular flexibility index (Phi) is 8.82. The molecule has 0 aliphatic rings. The van der Waals surface area contributed by atoms with Gasteiger partial charge in [0.15, 0.2) is 11.5 Å². The van der Waals surface area contributed by atoms with Crippen molar-refractivity contribution in [2.24, 2.45) is 0 Å². The minimum Gasteiger partial charge on any atom is -0.490 e. The second-order valence-corrected chi connectivity index (χ2v) is 7.07. The fourth-order valence-corrected chi connectivity index (χ4v) is 3.07. The van der Waals surface area contributed by atoms with E-state index in [0.29, 0.717) is 55.5 Å². The van der Waals surface area contributed by atoms with E-state index in [1.807, 2.05) is 30.3 Å². The van der Waals surface area contributed by atoms with Crippen LogP contribution in [-0.2, 0) is 9.53 Å². The number of hydrogen-bond donors (Lipinski definition) is 3. The second kappa shape index (κ2) is 12.2. The molecular formula is C24H26N4O5. The summed E-state index contributed by atoms with van der Waals surface area (Å²) in [5, 5.41) is 12.6. The number of nitrogens with zero attached hydrogens (tertiary/aromatic N) is 2. The fraction of sp³-hybridized carbons (Fsp3) is 0.292. The summed E-state index contributed by atoms with van der Waals surface area (Å²) in [4.78, 5) is 19.9. The number of amides is 1. The van der Waals surface area contributed by atoms with E-state index in [1.165, 1.54) is 6.33 Å². The van der Waals surface area contributed by atoms with Crippen molar-refractivity contribution in [2.75, 3.05) is 32.2 Å². The third-order valence-electron chi connectivity index (χ3n) is 4.72. The van der Waals surface area contributed by atoms with Crippen molar-refractivity contribution < 1.29 is 24.2 Å². The van der Waals surface area contributed by atoms with Gasteiger partial charge in [0, 0.05) is 36.2 Å². The van der Waals surface area contributed by atoms with Crippen molar-refractivity contribution in [1.29, 1.82) is 0 Å². The molecular weight excluding hydrogens is 424 g/mol. The smallest absolute Gasteiger partial charge is 0.243 e. The number of nitrogens with one attached hydrogen (secondary N) is 2. The second-order valence-electron chi connectivity index (χ2n) is 7.07. The lowest BCUT2D eigenvalue weighted by molar-refractivity contribution is -0.129. The van der Waals surface area contributed by atoms with Gasteiger partial charge in [-0.2, -0.15) is 0 Å². The molecule has 0 aliphatic carbocycles. The van der Waals surface area contributed by atoms with Gasteiger partial charge in [-0.3, -0.25) is 10.0 Å². The van der Waals surface area contributed by atoms with Crippen LogP contribution in [-0.4, -0.2) is 48.0 Å². The number of anilines is 2. The quantitative estimate of drug-likeness (QED) is 0.166. The zero-order valence-corrected chi connectivity index (χ0v) is 18.3. The molecule has 3 N–H and O–H groups in total. The molecule has 0 saturated heterocycles. The SMILES string of the molecule is C#Cc1cccc(Nc2ncnc3cc(OCCOC)c(OCCCCC(=O)NO)cc23)c1. The van der Waals surface area contributed by atoms with Gasteiger partial charge >= 0.3 is 0 Å². The Hall–Kier alpha value is -3.87. The zero-order valence-electron chi connectivity index (χ0n) is 18.3. The predicted octanol–water partition coefficient (Wildman–Crippen LogP) is 3.43. The number of aromatic nitrogens is 2. The number of benzene rings is 2. The summed E-state index contributed by atoms with van der Waals surface area (Å²) in [7, 11) is 1.60. The molecule has 2 aromatic carbocycles. The van der Waals surface area contributed by atoms with Crippen LogP contribution in [0.1, 0.15) is 24.8 Å². The van der Waals surface area contributed by atoms with E-state index in [2.05, 4.69) is 21.2 Å². The third-order valence-corrected chi connectivity index (χ3v) is 4.72. The first-order chi connectivity index (χ1) is 16.1. The lowest BCUT2D eigenvalue weighted by atomic mass is 10.2. The largest absolute Gasteiger partial charge is 0.490 e. The number of carbonyl (C=O) groups excluding carboxylic acids is 1. The molecule has 172 valence electrons. The number of hydrogen-bond acceptors (Lipinski definition) is 8. The van der Waals surface area contributed by atoms with Crippen LogP contribution in [0.3, 0.4) is 0 Å². The van der Waals surface area contributed by atoms with Gasteiger partial charge in [-0.25, -0.2) is 15.4 Å². The zero-order chi connectivity index (χ0) is 23.5. The number of fused-ring (bicyclic) bond motifs is 1. The Labute approximate surface area is 192 Å². The Balaban J connectivity index is 1.84. The predicted molar refractivity (Wildman–Crippen MR) is 124 cm³/mol. The molecule has 1 heterocycles. The first-order valence-corrected chi connectivity index (χ1v) is 10.4. The molecule has 0 aliphatic heterocycles. The molecule has 9 heteroatoms. The summed E-state index contributed by atoms with van der Waals surface area (Å²) in [6.07, 6.45) is 8.39. The van der Waals surface area contributed by atoms with Crippen LogP contribution in [0.4, 0.5) is 11.5 Å². The van der Waals surface area contributed by atoms with Crippen molar-refractivity contribution in [3.63, 3.8) is 0 Å². The van der Waals surface area contributed by atoms with Gasteiger partial charge in [-0.05, 0) is 37.1 Å². The highest BCUT2D eigenvalue weighted by Crippen LogP contribution is 2.35. The van der Waals surface area contributed by atoms with Crippen molar-refractivity contribution in [3.8, 4) is 23.8 Å². The maximum Gasteiger partial charge on any atom is 0.243 e. The highest BCUT2D eigenvalue weighted by molar-refractivity contribution is 5.93. The van der Waals surface area contributed by atoms with Crippen LogP contribution in [0.2, 0.25) is 0 Å². The fourth-order valence-electron chi connectivity index (χ4n) is 3.07. The summed E-state index contributed by atoms with van der Waals surface area (Å²) < 4.78 is 16.9. The highest BCUT2D eigenvalue weighted by atomic mass is 16.5. The molecule has 0 saturated carbocycles. The average molecular weight is 450 g/mol. The van der Waals surface area contributed by atoms with Gasteiger partial charge in [0.1, 0.15) is 18.8 Å². The molecule has 0 bridgehead atoms. The van der Waals surface area contributed by atoms with E-state index in [0.717, 1.165) is 16.6 Å². The molecule has 3 rings (SSSR count). The first-order valence-electron chi connectivity index (χ1n) is 10.4. The van der Waals surface area contributed by atoms with Gasteiger partial charge < -0.3 is 19.5 Å². The molecule has 1 amide bonds. The van der Waals surface area contributed by atoms with Gasteiger partial charge in [-0.1, -0.05) is 12.0 Å². The van der Waals surface area contributed by atoms with Gasteiger partial charge in [-0.15, -0.1) is 6.42 Å². The number of rotatable bonds is 12. The maximum absolute atomic E-state index is 11.2. The molecule has 33 heavy (non-hydrogen) atoms. The van der Waals surface area contributed by atoms with Gasteiger partial charge in [0.2, 0.25) is 5.91 Å². The minimum atomic E-state index is -0.425. The molecule has 3 aromatic rings. The van der Waals surface area contributed by atoms with Crippen molar-refractivity contribution >= 4 is 28.3 Å². The lowest BCUT2D eigenvalue weighted by Gasteiger charge is -2.15. The first kappa shape index (κ1) is 23.8. The molecule has 0 unspecified atom stereocenters. The summed E-state index contributed by atoms with van der Waals surface area (Å²) >= 11 is 0. The number of ether oxygens (including phenoxy) is 3. The highest BCUT2D eigenvalue weighted by Gasteiger charge is 2.13. The standard InChI is InChI=1S/C24H26N4O5/c1-3-17-7-6-8-18(13-17)27-24-19-14-21(32-10-5-4-9-23(29)28-30)22(33-12-11-31-2)15-20(19)25-16-26-24/h1,6-8,13-16,30H,4-5,9-12H2,2H3,(H,28,29)(H,25,26,27). The Morgan fingerprint density at radius 2 is 1.91 bits per heavy atom. The lowest BCUT2D eigenvalue weighted by Crippen LogP contribution is -2.18. The van der Waals surface area contributed by atoms with Crippen LogP contribution in [0.5, 0.6) is 11.5 Å². The van der Waals surface area contributed by atoms with Crippen LogP contribution < -0.4 is 20.3 Å². The van der Waals surface area contributed by atoms with E-state index in [9.17, 15) is 4.79 Å². The summed E-state index contributed by atoms with van der Waals surface area (Å²) in [5.41, 5.74) is 3.86. The number of hydroxylamine groups is 1.